The number of rotatable bonds is 4. The number of carboxylic acid groups (broad SMARTS) is 1. The van der Waals surface area contributed by atoms with Crippen LogP contribution in [0.1, 0.15) is 39.0 Å². The molecule has 0 fully saturated rings. The molecule has 1 atom stereocenters. The topological polar surface area (TPSA) is 88.5 Å². The number of carbonyl (C=O) groups excluding carboxylic acids is 1. The van der Waals surface area contributed by atoms with Crippen LogP contribution in [-0.4, -0.2) is 27.1 Å². The van der Waals surface area contributed by atoms with Gasteiger partial charge in [0.1, 0.15) is 5.60 Å². The molecular weight excluding hydrogens is 268 g/mol. The summed E-state index contributed by atoms with van der Waals surface area (Å²) in [5, 5.41) is 11.6. The molecule has 0 aliphatic carbocycles. The normalized spacial score (nSPS) is 14.5. The SMILES string of the molecule is CC(C)(C)OC(=O)NC(C)(CC(=O)O)c1ccns1. The molecule has 0 radical (unpaired) electrons. The third kappa shape index (κ3) is 4.86. The van der Waals surface area contributed by atoms with Gasteiger partial charge in [-0.1, -0.05) is 0 Å². The molecule has 0 aromatic carbocycles. The van der Waals surface area contributed by atoms with Crippen LogP contribution in [-0.2, 0) is 15.1 Å². The van der Waals surface area contributed by atoms with Gasteiger partial charge in [0.25, 0.3) is 0 Å². The molecule has 1 aromatic rings. The van der Waals surface area contributed by atoms with Crippen LogP contribution in [0.2, 0.25) is 0 Å². The number of hydrogen-bond donors (Lipinski definition) is 2. The summed E-state index contributed by atoms with van der Waals surface area (Å²) in [5.41, 5.74) is -1.67. The molecule has 1 amide bonds. The van der Waals surface area contributed by atoms with Crippen molar-refractivity contribution in [2.75, 3.05) is 0 Å². The van der Waals surface area contributed by atoms with Gasteiger partial charge in [-0.05, 0) is 45.3 Å². The van der Waals surface area contributed by atoms with E-state index >= 15 is 0 Å². The number of carbonyl (C=O) groups is 2. The van der Waals surface area contributed by atoms with E-state index in [4.69, 9.17) is 9.84 Å². The maximum atomic E-state index is 11.8. The summed E-state index contributed by atoms with van der Waals surface area (Å²) in [5.74, 6) is -1.01. The van der Waals surface area contributed by atoms with Crippen molar-refractivity contribution in [3.05, 3.63) is 17.1 Å². The Morgan fingerprint density at radius 1 is 1.42 bits per heavy atom. The highest BCUT2D eigenvalue weighted by Crippen LogP contribution is 2.28. The number of carboxylic acids is 1. The first-order valence-corrected chi connectivity index (χ1v) is 6.54. The number of amides is 1. The fourth-order valence-corrected chi connectivity index (χ4v) is 2.21. The first kappa shape index (κ1) is 15.4. The number of aliphatic carboxylic acids is 1. The number of ether oxygens (including phenoxy) is 1. The first-order valence-electron chi connectivity index (χ1n) is 5.76. The molecule has 0 aliphatic heterocycles. The largest absolute Gasteiger partial charge is 0.481 e. The molecule has 1 heterocycles. The smallest absolute Gasteiger partial charge is 0.408 e. The van der Waals surface area contributed by atoms with Crippen LogP contribution >= 0.6 is 11.5 Å². The molecule has 0 saturated carbocycles. The van der Waals surface area contributed by atoms with Crippen LogP contribution in [0, 0.1) is 0 Å². The van der Waals surface area contributed by atoms with Gasteiger partial charge in [-0.25, -0.2) is 9.17 Å². The molecule has 1 unspecified atom stereocenters. The van der Waals surface area contributed by atoms with Crippen molar-refractivity contribution in [1.29, 1.82) is 0 Å². The lowest BCUT2D eigenvalue weighted by Gasteiger charge is -2.29. The van der Waals surface area contributed by atoms with E-state index in [0.717, 1.165) is 11.5 Å². The van der Waals surface area contributed by atoms with Crippen molar-refractivity contribution in [1.82, 2.24) is 9.69 Å². The molecular formula is C12H18N2O4S. The quantitative estimate of drug-likeness (QED) is 0.887. The fraction of sp³-hybridized carbons (Fsp3) is 0.583. The third-order valence-corrected chi connectivity index (χ3v) is 3.27. The molecule has 19 heavy (non-hydrogen) atoms. The second-order valence-corrected chi connectivity index (χ2v) is 6.24. The summed E-state index contributed by atoms with van der Waals surface area (Å²) in [6.07, 6.45) is 0.676. The Morgan fingerprint density at radius 3 is 2.47 bits per heavy atom. The van der Waals surface area contributed by atoms with Crippen LogP contribution in [0.3, 0.4) is 0 Å². The van der Waals surface area contributed by atoms with E-state index < -0.39 is 23.2 Å². The van der Waals surface area contributed by atoms with E-state index in [-0.39, 0.29) is 6.42 Å². The van der Waals surface area contributed by atoms with Crippen LogP contribution in [0.5, 0.6) is 0 Å². The summed E-state index contributed by atoms with van der Waals surface area (Å²) in [7, 11) is 0. The van der Waals surface area contributed by atoms with Gasteiger partial charge in [-0.3, -0.25) is 4.79 Å². The predicted octanol–water partition coefficient (Wildman–Crippen LogP) is 2.36. The van der Waals surface area contributed by atoms with Crippen LogP contribution in [0.25, 0.3) is 0 Å². The van der Waals surface area contributed by atoms with Gasteiger partial charge in [0.15, 0.2) is 0 Å². The molecule has 2 N–H and O–H groups in total. The Morgan fingerprint density at radius 2 is 2.05 bits per heavy atom. The number of nitrogens with one attached hydrogen (secondary N) is 1. The van der Waals surface area contributed by atoms with Crippen LogP contribution in [0.15, 0.2) is 12.3 Å². The van der Waals surface area contributed by atoms with E-state index in [9.17, 15) is 9.59 Å². The van der Waals surface area contributed by atoms with Crippen molar-refractivity contribution >= 4 is 23.6 Å². The van der Waals surface area contributed by atoms with E-state index in [1.165, 1.54) is 0 Å². The lowest BCUT2D eigenvalue weighted by Crippen LogP contribution is -2.46. The first-order chi connectivity index (χ1) is 8.62. The molecule has 0 spiro atoms. The van der Waals surface area contributed by atoms with Gasteiger partial charge in [0.05, 0.1) is 16.8 Å². The van der Waals surface area contributed by atoms with Crippen LogP contribution in [0.4, 0.5) is 4.79 Å². The minimum atomic E-state index is -1.03. The van der Waals surface area contributed by atoms with E-state index in [1.807, 2.05) is 0 Å². The summed E-state index contributed by atoms with van der Waals surface area (Å²) in [4.78, 5) is 23.4. The van der Waals surface area contributed by atoms with Gasteiger partial charge < -0.3 is 15.2 Å². The van der Waals surface area contributed by atoms with E-state index in [1.54, 1.807) is 40.0 Å². The Kier molecular flexibility index (Phi) is 4.52. The molecule has 0 bridgehead atoms. The van der Waals surface area contributed by atoms with Crippen molar-refractivity contribution in [2.45, 2.75) is 45.3 Å². The molecule has 1 rings (SSSR count). The summed E-state index contributed by atoms with van der Waals surface area (Å²) in [6, 6.07) is 1.69. The number of aromatic nitrogens is 1. The highest BCUT2D eigenvalue weighted by Gasteiger charge is 2.34. The average Bonchev–Trinajstić information content (AvgIpc) is 2.64. The standard InChI is InChI=1S/C12H18N2O4S/c1-11(2,3)18-10(17)14-12(4,7-9(15)16)8-5-6-13-19-8/h5-6H,7H2,1-4H3,(H,14,17)(H,15,16). The zero-order valence-electron chi connectivity index (χ0n) is 11.4. The third-order valence-electron chi connectivity index (χ3n) is 2.26. The van der Waals surface area contributed by atoms with Gasteiger partial charge in [-0.2, -0.15) is 0 Å². The number of hydrogen-bond acceptors (Lipinski definition) is 5. The second kappa shape index (κ2) is 5.56. The Bertz CT molecular complexity index is 453. The van der Waals surface area contributed by atoms with Crippen molar-refractivity contribution in [3.63, 3.8) is 0 Å². The molecule has 6 nitrogen and oxygen atoms in total. The molecule has 0 saturated heterocycles. The summed E-state index contributed by atoms with van der Waals surface area (Å²) in [6.45, 7) is 6.87. The zero-order valence-corrected chi connectivity index (χ0v) is 12.2. The number of nitrogens with zero attached hydrogens (tertiary/aromatic N) is 1. The minimum absolute atomic E-state index is 0.242. The monoisotopic (exact) mass is 286 g/mol. The molecule has 0 aliphatic rings. The van der Waals surface area contributed by atoms with Gasteiger partial charge in [0.2, 0.25) is 0 Å². The van der Waals surface area contributed by atoms with Gasteiger partial charge in [0, 0.05) is 6.20 Å². The predicted molar refractivity (Wildman–Crippen MR) is 71.1 cm³/mol. The van der Waals surface area contributed by atoms with Gasteiger partial charge in [-0.15, -0.1) is 0 Å². The Hall–Kier alpha value is -1.63. The zero-order chi connectivity index (χ0) is 14.7. The highest BCUT2D eigenvalue weighted by atomic mass is 32.1. The lowest BCUT2D eigenvalue weighted by atomic mass is 9.96. The summed E-state index contributed by atoms with van der Waals surface area (Å²) < 4.78 is 9.09. The molecule has 7 heteroatoms. The minimum Gasteiger partial charge on any atom is -0.481 e. The molecule has 106 valence electrons. The van der Waals surface area contributed by atoms with E-state index in [2.05, 4.69) is 9.69 Å². The lowest BCUT2D eigenvalue weighted by molar-refractivity contribution is -0.138. The van der Waals surface area contributed by atoms with Gasteiger partial charge >= 0.3 is 12.1 Å². The number of alkyl carbamates (subject to hydrolysis) is 1. The highest BCUT2D eigenvalue weighted by molar-refractivity contribution is 7.05. The van der Waals surface area contributed by atoms with Crippen LogP contribution < -0.4 is 5.32 Å². The van der Waals surface area contributed by atoms with Crippen molar-refractivity contribution in [2.24, 2.45) is 0 Å². The summed E-state index contributed by atoms with van der Waals surface area (Å²) >= 11 is 1.15. The Labute approximate surface area is 115 Å². The maximum absolute atomic E-state index is 11.8. The average molecular weight is 286 g/mol. The van der Waals surface area contributed by atoms with Crippen molar-refractivity contribution < 1.29 is 19.4 Å². The second-order valence-electron chi connectivity index (χ2n) is 5.41. The van der Waals surface area contributed by atoms with E-state index in [0.29, 0.717) is 4.88 Å². The Balaban J connectivity index is 2.87. The maximum Gasteiger partial charge on any atom is 0.408 e. The molecule has 1 aromatic heterocycles. The van der Waals surface area contributed by atoms with Crippen molar-refractivity contribution in [3.8, 4) is 0 Å². The fourth-order valence-electron chi connectivity index (χ4n) is 1.52.